The highest BCUT2D eigenvalue weighted by molar-refractivity contribution is 6.13. The van der Waals surface area contributed by atoms with Gasteiger partial charge in [0.2, 0.25) is 5.91 Å². The van der Waals surface area contributed by atoms with E-state index in [0.29, 0.717) is 55.2 Å². The van der Waals surface area contributed by atoms with E-state index < -0.39 is 36.0 Å². The SMILES string of the molecule is CC(C)C[C@H](NC(=O)c1cccc2c1oc1ccccc12)C(=O)N[C@@H](Cc1ccc(OC(=O)N2CCOCC2)cc1)C(=O)O. The van der Waals surface area contributed by atoms with Crippen LogP contribution in [-0.4, -0.2) is 72.3 Å². The van der Waals surface area contributed by atoms with Gasteiger partial charge in [-0.15, -0.1) is 0 Å². The lowest BCUT2D eigenvalue weighted by Crippen LogP contribution is -2.52. The Morgan fingerprint density at radius 2 is 1.59 bits per heavy atom. The van der Waals surface area contributed by atoms with Gasteiger partial charge in [0.15, 0.2) is 0 Å². The van der Waals surface area contributed by atoms with Crippen molar-refractivity contribution >= 4 is 45.8 Å². The molecule has 0 saturated carbocycles. The number of rotatable bonds is 10. The van der Waals surface area contributed by atoms with E-state index >= 15 is 0 Å². The topological polar surface area (TPSA) is 147 Å². The first-order chi connectivity index (χ1) is 21.2. The number of carbonyl (C=O) groups is 4. The van der Waals surface area contributed by atoms with E-state index in [4.69, 9.17) is 13.9 Å². The van der Waals surface area contributed by atoms with E-state index in [9.17, 15) is 24.3 Å². The quantitative estimate of drug-likeness (QED) is 0.243. The molecule has 1 aliphatic rings. The molecule has 3 amide bonds. The first kappa shape index (κ1) is 30.6. The van der Waals surface area contributed by atoms with E-state index in [1.807, 2.05) is 44.2 Å². The fourth-order valence-corrected chi connectivity index (χ4v) is 5.18. The number of amides is 3. The minimum Gasteiger partial charge on any atom is -0.480 e. The molecular formula is C33H35N3O8. The molecule has 44 heavy (non-hydrogen) atoms. The number of nitrogens with zero attached hydrogens (tertiary/aromatic N) is 1. The predicted molar refractivity (Wildman–Crippen MR) is 163 cm³/mol. The molecule has 3 N–H and O–H groups in total. The van der Waals surface area contributed by atoms with E-state index in [-0.39, 0.29) is 17.9 Å². The average molecular weight is 602 g/mol. The third-order valence-corrected chi connectivity index (χ3v) is 7.43. The van der Waals surface area contributed by atoms with Crippen LogP contribution < -0.4 is 15.4 Å². The molecule has 11 heteroatoms. The number of carboxylic acid groups (broad SMARTS) is 1. The summed E-state index contributed by atoms with van der Waals surface area (Å²) in [6.07, 6.45) is -0.200. The van der Waals surface area contributed by atoms with Gasteiger partial charge in [0.05, 0.1) is 18.8 Å². The maximum Gasteiger partial charge on any atom is 0.415 e. The van der Waals surface area contributed by atoms with Crippen molar-refractivity contribution in [2.75, 3.05) is 26.3 Å². The van der Waals surface area contributed by atoms with Crippen LogP contribution in [0, 0.1) is 5.92 Å². The van der Waals surface area contributed by atoms with E-state index in [1.54, 1.807) is 41.3 Å². The van der Waals surface area contributed by atoms with Crippen molar-refractivity contribution in [2.45, 2.75) is 38.8 Å². The Hall–Kier alpha value is -4.90. The molecule has 4 aromatic rings. The zero-order chi connectivity index (χ0) is 31.2. The molecule has 1 saturated heterocycles. The Balaban J connectivity index is 1.26. The number of fused-ring (bicyclic) bond motifs is 3. The predicted octanol–water partition coefficient (Wildman–Crippen LogP) is 4.37. The van der Waals surface area contributed by atoms with Crippen LogP contribution in [-0.2, 0) is 20.7 Å². The number of hydrogen-bond acceptors (Lipinski definition) is 7. The number of para-hydroxylation sites is 2. The molecule has 0 radical (unpaired) electrons. The Morgan fingerprint density at radius 1 is 0.886 bits per heavy atom. The van der Waals surface area contributed by atoms with Gasteiger partial charge in [-0.3, -0.25) is 9.59 Å². The zero-order valence-electron chi connectivity index (χ0n) is 24.6. The smallest absolute Gasteiger partial charge is 0.415 e. The number of nitrogens with one attached hydrogen (secondary N) is 2. The highest BCUT2D eigenvalue weighted by Crippen LogP contribution is 2.30. The molecular weight excluding hydrogens is 566 g/mol. The summed E-state index contributed by atoms with van der Waals surface area (Å²) in [7, 11) is 0. The molecule has 0 spiro atoms. The van der Waals surface area contributed by atoms with Gasteiger partial charge in [0, 0.05) is 30.3 Å². The summed E-state index contributed by atoms with van der Waals surface area (Å²) in [5.41, 5.74) is 1.96. The second-order valence-corrected chi connectivity index (χ2v) is 11.2. The highest BCUT2D eigenvalue weighted by atomic mass is 16.6. The fourth-order valence-electron chi connectivity index (χ4n) is 5.18. The number of hydrogen-bond donors (Lipinski definition) is 3. The summed E-state index contributed by atoms with van der Waals surface area (Å²) in [5, 5.41) is 17.0. The lowest BCUT2D eigenvalue weighted by molar-refractivity contribution is -0.142. The number of morpholine rings is 1. The van der Waals surface area contributed by atoms with E-state index in [2.05, 4.69) is 10.6 Å². The van der Waals surface area contributed by atoms with Crippen molar-refractivity contribution in [1.82, 2.24) is 15.5 Å². The van der Waals surface area contributed by atoms with E-state index in [1.165, 1.54) is 0 Å². The number of benzene rings is 3. The van der Waals surface area contributed by atoms with Crippen LogP contribution in [0.4, 0.5) is 4.79 Å². The van der Waals surface area contributed by atoms with Crippen LogP contribution >= 0.6 is 0 Å². The largest absolute Gasteiger partial charge is 0.480 e. The Bertz CT molecular complexity index is 1660. The highest BCUT2D eigenvalue weighted by Gasteiger charge is 2.29. The number of aliphatic carboxylic acids is 1. The third-order valence-electron chi connectivity index (χ3n) is 7.43. The molecule has 2 heterocycles. The lowest BCUT2D eigenvalue weighted by atomic mass is 10.0. The Kier molecular flexibility index (Phi) is 9.44. The molecule has 11 nitrogen and oxygen atoms in total. The Morgan fingerprint density at radius 3 is 2.30 bits per heavy atom. The number of furan rings is 1. The molecule has 230 valence electrons. The minimum absolute atomic E-state index is 0.0145. The third kappa shape index (κ3) is 7.17. The second-order valence-electron chi connectivity index (χ2n) is 11.2. The number of carbonyl (C=O) groups excluding carboxylic acids is 3. The van der Waals surface area contributed by atoms with Crippen LogP contribution in [0.25, 0.3) is 21.9 Å². The molecule has 0 aliphatic carbocycles. The molecule has 1 fully saturated rings. The maximum atomic E-state index is 13.4. The second kappa shape index (κ2) is 13.6. The van der Waals surface area contributed by atoms with Gasteiger partial charge in [-0.1, -0.05) is 56.3 Å². The van der Waals surface area contributed by atoms with Crippen molar-refractivity contribution in [3.63, 3.8) is 0 Å². The summed E-state index contributed by atoms with van der Waals surface area (Å²) in [6.45, 7) is 5.63. The van der Waals surface area contributed by atoms with Gasteiger partial charge in [-0.25, -0.2) is 9.59 Å². The van der Waals surface area contributed by atoms with E-state index in [0.717, 1.165) is 10.8 Å². The number of carboxylic acids is 1. The van der Waals surface area contributed by atoms with Crippen LogP contribution in [0.3, 0.4) is 0 Å². The van der Waals surface area contributed by atoms with Crippen LogP contribution in [0.15, 0.2) is 71.1 Å². The average Bonchev–Trinajstić information content (AvgIpc) is 3.40. The summed E-state index contributed by atoms with van der Waals surface area (Å²) in [5.74, 6) is -1.97. The fraction of sp³-hybridized carbons (Fsp3) is 0.333. The molecule has 2 atom stereocenters. The molecule has 0 unspecified atom stereocenters. The maximum absolute atomic E-state index is 13.4. The van der Waals surface area contributed by atoms with Crippen LogP contribution in [0.1, 0.15) is 36.2 Å². The van der Waals surface area contributed by atoms with Crippen molar-refractivity contribution in [3.05, 3.63) is 77.9 Å². The van der Waals surface area contributed by atoms with Crippen molar-refractivity contribution in [2.24, 2.45) is 5.92 Å². The van der Waals surface area contributed by atoms with Crippen LogP contribution in [0.2, 0.25) is 0 Å². The molecule has 1 aromatic heterocycles. The van der Waals surface area contributed by atoms with Gasteiger partial charge in [0.25, 0.3) is 5.91 Å². The Labute approximate surface area is 254 Å². The van der Waals surface area contributed by atoms with Gasteiger partial charge >= 0.3 is 12.1 Å². The van der Waals surface area contributed by atoms with Gasteiger partial charge in [0.1, 0.15) is 29.0 Å². The molecule has 3 aromatic carbocycles. The standard InChI is InChI=1S/C33H35N3O8/c1-20(2)18-26(34-30(37)25-8-5-7-24-23-6-3-4-9-28(23)44-29(24)25)31(38)35-27(32(39)40)19-21-10-12-22(13-11-21)43-33(41)36-14-16-42-17-15-36/h3-13,20,26-27H,14-19H2,1-2H3,(H,34,37)(H,35,38)(H,39,40)/t26-,27-/m0/s1. The number of ether oxygens (including phenoxy) is 2. The summed E-state index contributed by atoms with van der Waals surface area (Å²) in [4.78, 5) is 52.9. The molecule has 0 bridgehead atoms. The monoisotopic (exact) mass is 601 g/mol. The van der Waals surface area contributed by atoms with Gasteiger partial charge in [-0.05, 0) is 42.2 Å². The van der Waals surface area contributed by atoms with Gasteiger partial charge < -0.3 is 34.5 Å². The molecule has 5 rings (SSSR count). The first-order valence-corrected chi connectivity index (χ1v) is 14.6. The normalized spacial score (nSPS) is 14.8. The molecule has 1 aliphatic heterocycles. The summed E-state index contributed by atoms with van der Waals surface area (Å²) < 4.78 is 16.6. The van der Waals surface area contributed by atoms with Crippen molar-refractivity contribution < 1.29 is 38.2 Å². The summed E-state index contributed by atoms with van der Waals surface area (Å²) in [6, 6.07) is 16.9. The summed E-state index contributed by atoms with van der Waals surface area (Å²) >= 11 is 0. The minimum atomic E-state index is -1.25. The van der Waals surface area contributed by atoms with Crippen molar-refractivity contribution in [3.8, 4) is 5.75 Å². The van der Waals surface area contributed by atoms with Crippen LogP contribution in [0.5, 0.6) is 5.75 Å². The van der Waals surface area contributed by atoms with Gasteiger partial charge in [-0.2, -0.15) is 0 Å². The first-order valence-electron chi connectivity index (χ1n) is 14.6. The van der Waals surface area contributed by atoms with Crippen molar-refractivity contribution in [1.29, 1.82) is 0 Å². The lowest BCUT2D eigenvalue weighted by Gasteiger charge is -2.25. The zero-order valence-corrected chi connectivity index (χ0v) is 24.6.